The van der Waals surface area contributed by atoms with Gasteiger partial charge in [-0.25, -0.2) is 0 Å². The quantitative estimate of drug-likeness (QED) is 0.490. The van der Waals surface area contributed by atoms with Gasteiger partial charge in [0, 0.05) is 18.8 Å². The molecule has 2 heterocycles. The summed E-state index contributed by atoms with van der Waals surface area (Å²) in [5.41, 5.74) is 1.46. The fourth-order valence-corrected chi connectivity index (χ4v) is 1.64. The molecule has 2 aliphatic rings. The van der Waals surface area contributed by atoms with Crippen molar-refractivity contribution in [3.8, 4) is 0 Å². The van der Waals surface area contributed by atoms with E-state index in [1.165, 1.54) is 38.0 Å². The van der Waals surface area contributed by atoms with Gasteiger partial charge in [0.2, 0.25) is 0 Å². The predicted octanol–water partition coefficient (Wildman–Crippen LogP) is 1.93. The minimum Gasteiger partial charge on any atom is -0.371 e. The predicted molar refractivity (Wildman–Crippen MR) is 42.6 cm³/mol. The monoisotopic (exact) mass is 135 g/mol. The van der Waals surface area contributed by atoms with E-state index in [1.807, 2.05) is 0 Å². The Bertz CT molecular complexity index is 179. The third-order valence-electron chi connectivity index (χ3n) is 2.21. The van der Waals surface area contributed by atoms with Crippen molar-refractivity contribution in [3.05, 3.63) is 23.9 Å². The molecule has 0 unspecified atom stereocenters. The van der Waals surface area contributed by atoms with E-state index in [0.29, 0.717) is 0 Å². The molecule has 1 nitrogen and oxygen atoms in total. The van der Waals surface area contributed by atoms with Gasteiger partial charge in [0.25, 0.3) is 0 Å². The summed E-state index contributed by atoms with van der Waals surface area (Å²) in [4.78, 5) is 2.48. The highest BCUT2D eigenvalue weighted by Crippen LogP contribution is 2.19. The van der Waals surface area contributed by atoms with Gasteiger partial charge in [-0.1, -0.05) is 12.2 Å². The molecule has 0 radical (unpaired) electrons. The highest BCUT2D eigenvalue weighted by molar-refractivity contribution is 5.22. The Labute approximate surface area is 62.0 Å². The maximum Gasteiger partial charge on any atom is 0.0322 e. The van der Waals surface area contributed by atoms with Crippen molar-refractivity contribution in [1.29, 1.82) is 0 Å². The molecule has 0 atom stereocenters. The van der Waals surface area contributed by atoms with Crippen molar-refractivity contribution in [1.82, 2.24) is 4.90 Å². The van der Waals surface area contributed by atoms with E-state index >= 15 is 0 Å². The van der Waals surface area contributed by atoms with Gasteiger partial charge in [-0.15, -0.1) is 0 Å². The second kappa shape index (κ2) is 2.49. The van der Waals surface area contributed by atoms with Crippen LogP contribution in [0.15, 0.2) is 23.9 Å². The molecule has 0 spiro atoms. The smallest absolute Gasteiger partial charge is 0.0322 e. The number of allylic oxidation sites excluding steroid dienone is 2. The number of fused-ring (bicyclic) bond motifs is 1. The molecule has 54 valence electrons. The zero-order valence-electron chi connectivity index (χ0n) is 6.21. The maximum atomic E-state index is 2.48. The van der Waals surface area contributed by atoms with Crippen molar-refractivity contribution in [2.45, 2.75) is 19.3 Å². The van der Waals surface area contributed by atoms with Crippen LogP contribution in [0.5, 0.6) is 0 Å². The van der Waals surface area contributed by atoms with Crippen LogP contribution in [0.3, 0.4) is 0 Å². The fraction of sp³-hybridized carbons (Fsp3) is 0.556. The van der Waals surface area contributed by atoms with Crippen LogP contribution >= 0.6 is 0 Å². The standard InChI is InChI=1S/C9H13N/c1-3-7-10-8-4-2-6-9(10)5-1/h1,5-6H,2-4,7-8H2. The molecule has 0 aromatic rings. The molecular weight excluding hydrogens is 122 g/mol. The van der Waals surface area contributed by atoms with E-state index in [9.17, 15) is 0 Å². The number of rotatable bonds is 0. The van der Waals surface area contributed by atoms with Gasteiger partial charge < -0.3 is 4.90 Å². The molecule has 1 heteroatoms. The van der Waals surface area contributed by atoms with Crippen molar-refractivity contribution in [3.63, 3.8) is 0 Å². The van der Waals surface area contributed by atoms with E-state index in [1.54, 1.807) is 0 Å². The van der Waals surface area contributed by atoms with Gasteiger partial charge in [-0.2, -0.15) is 0 Å². The van der Waals surface area contributed by atoms with Crippen LogP contribution < -0.4 is 0 Å². The third-order valence-corrected chi connectivity index (χ3v) is 2.21. The molecule has 10 heavy (non-hydrogen) atoms. The highest BCUT2D eigenvalue weighted by Gasteiger charge is 2.12. The zero-order valence-corrected chi connectivity index (χ0v) is 6.21. The van der Waals surface area contributed by atoms with Gasteiger partial charge in [0.05, 0.1) is 0 Å². The summed E-state index contributed by atoms with van der Waals surface area (Å²) in [6.07, 6.45) is 10.7. The van der Waals surface area contributed by atoms with Gasteiger partial charge in [-0.3, -0.25) is 0 Å². The van der Waals surface area contributed by atoms with E-state index in [2.05, 4.69) is 23.1 Å². The van der Waals surface area contributed by atoms with Crippen molar-refractivity contribution in [2.75, 3.05) is 13.1 Å². The molecule has 0 saturated heterocycles. The second-order valence-electron chi connectivity index (χ2n) is 2.95. The normalized spacial score (nSPS) is 24.0. The first-order valence-electron chi connectivity index (χ1n) is 4.08. The minimum absolute atomic E-state index is 1.23. The summed E-state index contributed by atoms with van der Waals surface area (Å²) in [5, 5.41) is 0. The zero-order chi connectivity index (χ0) is 6.81. The molecule has 0 fully saturated rings. The second-order valence-corrected chi connectivity index (χ2v) is 2.95. The van der Waals surface area contributed by atoms with E-state index in [0.717, 1.165) is 0 Å². The Morgan fingerprint density at radius 3 is 3.10 bits per heavy atom. The molecule has 0 N–H and O–H groups in total. The molecule has 0 bridgehead atoms. The van der Waals surface area contributed by atoms with E-state index in [-0.39, 0.29) is 0 Å². The van der Waals surface area contributed by atoms with Crippen LogP contribution in [0.1, 0.15) is 19.3 Å². The lowest BCUT2D eigenvalue weighted by Gasteiger charge is -2.31. The third kappa shape index (κ3) is 0.962. The van der Waals surface area contributed by atoms with Gasteiger partial charge in [0.15, 0.2) is 0 Å². The van der Waals surface area contributed by atoms with Gasteiger partial charge >= 0.3 is 0 Å². The first-order valence-corrected chi connectivity index (χ1v) is 4.08. The van der Waals surface area contributed by atoms with Crippen molar-refractivity contribution in [2.24, 2.45) is 0 Å². The molecule has 0 aromatic heterocycles. The fourth-order valence-electron chi connectivity index (χ4n) is 1.64. The Balaban J connectivity index is 2.21. The molecule has 0 aromatic carbocycles. The Kier molecular flexibility index (Phi) is 1.50. The Morgan fingerprint density at radius 1 is 1.20 bits per heavy atom. The molecular formula is C9H13N. The van der Waals surface area contributed by atoms with Crippen LogP contribution in [0.4, 0.5) is 0 Å². The Hall–Kier alpha value is -0.720. The van der Waals surface area contributed by atoms with Gasteiger partial charge in [-0.05, 0) is 25.3 Å². The minimum atomic E-state index is 1.23. The molecule has 0 aliphatic carbocycles. The van der Waals surface area contributed by atoms with Crippen LogP contribution in [-0.2, 0) is 0 Å². The summed E-state index contributed by atoms with van der Waals surface area (Å²) in [5.74, 6) is 0. The lowest BCUT2D eigenvalue weighted by Crippen LogP contribution is -2.28. The number of nitrogens with zero attached hydrogens (tertiary/aromatic N) is 1. The van der Waals surface area contributed by atoms with Crippen LogP contribution in [0.25, 0.3) is 0 Å². The lowest BCUT2D eigenvalue weighted by atomic mass is 10.1. The molecule has 2 rings (SSSR count). The summed E-state index contributed by atoms with van der Waals surface area (Å²) in [7, 11) is 0. The summed E-state index contributed by atoms with van der Waals surface area (Å²) >= 11 is 0. The summed E-state index contributed by atoms with van der Waals surface area (Å²) in [6.45, 7) is 2.51. The lowest BCUT2D eigenvalue weighted by molar-refractivity contribution is 0.331. The maximum absolute atomic E-state index is 2.48. The Morgan fingerprint density at radius 2 is 2.20 bits per heavy atom. The van der Waals surface area contributed by atoms with Crippen LogP contribution in [0.2, 0.25) is 0 Å². The van der Waals surface area contributed by atoms with Crippen molar-refractivity contribution < 1.29 is 0 Å². The number of hydrogen-bond acceptors (Lipinski definition) is 1. The van der Waals surface area contributed by atoms with Crippen LogP contribution in [-0.4, -0.2) is 18.0 Å². The largest absolute Gasteiger partial charge is 0.371 e. The first kappa shape index (κ1) is 6.02. The average molecular weight is 135 g/mol. The topological polar surface area (TPSA) is 3.24 Å². The van der Waals surface area contributed by atoms with Crippen LogP contribution in [0, 0.1) is 0 Å². The van der Waals surface area contributed by atoms with E-state index < -0.39 is 0 Å². The molecule has 2 aliphatic heterocycles. The molecule has 0 amide bonds. The SMILES string of the molecule is C1=CC2=CCCCN2CC1. The first-order chi connectivity index (χ1) is 4.97. The van der Waals surface area contributed by atoms with Gasteiger partial charge in [0.1, 0.15) is 0 Å². The highest BCUT2D eigenvalue weighted by atomic mass is 15.1. The molecule has 0 saturated carbocycles. The summed E-state index contributed by atoms with van der Waals surface area (Å²) in [6, 6.07) is 0. The van der Waals surface area contributed by atoms with Crippen molar-refractivity contribution >= 4 is 0 Å². The number of hydrogen-bond donors (Lipinski definition) is 0. The van der Waals surface area contributed by atoms with E-state index in [4.69, 9.17) is 0 Å². The average Bonchev–Trinajstić information content (AvgIpc) is 2.05. The summed E-state index contributed by atoms with van der Waals surface area (Å²) < 4.78 is 0.